The Morgan fingerprint density at radius 2 is 2.53 bits per heavy atom. The number of aromatic nitrogens is 2. The summed E-state index contributed by atoms with van der Waals surface area (Å²) in [7, 11) is 3.28. The number of rotatable bonds is 3. The van der Waals surface area contributed by atoms with Crippen molar-refractivity contribution < 1.29 is 9.53 Å². The number of thioether (sulfide) groups is 1. The molecular weight excluding hydrogens is 238 g/mol. The van der Waals surface area contributed by atoms with Gasteiger partial charge >= 0.3 is 5.97 Å². The molecule has 0 saturated heterocycles. The third-order valence-corrected chi connectivity index (χ3v) is 4.30. The molecule has 0 radical (unpaired) electrons. The van der Waals surface area contributed by atoms with Gasteiger partial charge in [-0.1, -0.05) is 0 Å². The first kappa shape index (κ1) is 12.4. The molecule has 0 amide bonds. The van der Waals surface area contributed by atoms with E-state index in [1.165, 1.54) is 7.11 Å². The average molecular weight is 255 g/mol. The van der Waals surface area contributed by atoms with Crippen LogP contribution in [-0.4, -0.2) is 33.6 Å². The quantitative estimate of drug-likeness (QED) is 0.814. The summed E-state index contributed by atoms with van der Waals surface area (Å²) in [4.78, 5) is 12.7. The Morgan fingerprint density at radius 3 is 3.12 bits per heavy atom. The van der Waals surface area contributed by atoms with Gasteiger partial charge in [-0.3, -0.25) is 9.48 Å². The smallest absolute Gasteiger partial charge is 0.325 e. The molecular formula is C11H17N3O2S. The fraction of sp³-hybridized carbons (Fsp3) is 0.636. The van der Waals surface area contributed by atoms with Gasteiger partial charge in [-0.2, -0.15) is 5.10 Å². The van der Waals surface area contributed by atoms with E-state index in [-0.39, 0.29) is 5.97 Å². The third kappa shape index (κ3) is 2.63. The monoisotopic (exact) mass is 255 g/mol. The highest BCUT2D eigenvalue weighted by atomic mass is 32.2. The van der Waals surface area contributed by atoms with Crippen LogP contribution in [0, 0.1) is 0 Å². The van der Waals surface area contributed by atoms with E-state index in [1.54, 1.807) is 16.4 Å². The lowest BCUT2D eigenvalue weighted by atomic mass is 10.00. The predicted molar refractivity (Wildman–Crippen MR) is 65.6 cm³/mol. The van der Waals surface area contributed by atoms with E-state index in [2.05, 4.69) is 5.10 Å². The number of aryl methyl sites for hydroxylation is 1. The van der Waals surface area contributed by atoms with E-state index in [4.69, 9.17) is 10.5 Å². The van der Waals surface area contributed by atoms with Gasteiger partial charge in [-0.15, -0.1) is 11.8 Å². The normalized spacial score (nSPS) is 28.3. The molecule has 1 saturated carbocycles. The summed E-state index contributed by atoms with van der Waals surface area (Å²) in [6, 6.07) is 0. The Labute approximate surface area is 105 Å². The second-order valence-electron chi connectivity index (χ2n) is 4.48. The zero-order valence-corrected chi connectivity index (χ0v) is 10.9. The molecule has 2 atom stereocenters. The Bertz CT molecular complexity index is 421. The van der Waals surface area contributed by atoms with Crippen molar-refractivity contribution in [2.24, 2.45) is 12.8 Å². The number of hydrogen-bond donors (Lipinski definition) is 1. The van der Waals surface area contributed by atoms with Gasteiger partial charge in [-0.05, 0) is 19.3 Å². The number of carbonyl (C=O) groups is 1. The molecule has 0 bridgehead atoms. The first-order valence-corrected chi connectivity index (χ1v) is 6.44. The van der Waals surface area contributed by atoms with Gasteiger partial charge in [0.05, 0.1) is 13.3 Å². The van der Waals surface area contributed by atoms with Gasteiger partial charge in [0.25, 0.3) is 0 Å². The molecule has 6 heteroatoms. The number of ether oxygens (including phenoxy) is 1. The van der Waals surface area contributed by atoms with Crippen LogP contribution in [-0.2, 0) is 16.6 Å². The lowest BCUT2D eigenvalue weighted by Gasteiger charge is -2.20. The number of nitrogens with two attached hydrogens (primary N) is 1. The molecule has 0 aliphatic heterocycles. The highest BCUT2D eigenvalue weighted by Gasteiger charge is 2.43. The minimum atomic E-state index is -0.797. The van der Waals surface area contributed by atoms with E-state index in [0.717, 1.165) is 11.3 Å². The summed E-state index contributed by atoms with van der Waals surface area (Å²) in [6.07, 6.45) is 6.10. The fourth-order valence-electron chi connectivity index (χ4n) is 2.17. The molecule has 1 aliphatic rings. The number of esters is 1. The summed E-state index contributed by atoms with van der Waals surface area (Å²) in [5, 5.41) is 4.48. The van der Waals surface area contributed by atoms with Gasteiger partial charge < -0.3 is 10.5 Å². The van der Waals surface area contributed by atoms with Crippen LogP contribution < -0.4 is 5.73 Å². The van der Waals surface area contributed by atoms with Crippen molar-refractivity contribution >= 4 is 17.7 Å². The van der Waals surface area contributed by atoms with Crippen LogP contribution in [0.2, 0.25) is 0 Å². The molecule has 0 aromatic carbocycles. The minimum absolute atomic E-state index is 0.299. The van der Waals surface area contributed by atoms with Crippen LogP contribution in [0.25, 0.3) is 0 Å². The second kappa shape index (κ2) is 4.70. The van der Waals surface area contributed by atoms with Crippen molar-refractivity contribution in [2.75, 3.05) is 7.11 Å². The van der Waals surface area contributed by atoms with Crippen molar-refractivity contribution in [3.8, 4) is 0 Å². The standard InChI is InChI=1S/C11H17N3O2S/c1-14-7-9(6-13-14)17-8-3-4-11(12,5-8)10(15)16-2/h6-8H,3-5,12H2,1-2H3. The van der Waals surface area contributed by atoms with Crippen LogP contribution in [0.15, 0.2) is 17.3 Å². The number of nitrogens with zero attached hydrogens (tertiary/aromatic N) is 2. The van der Waals surface area contributed by atoms with E-state index in [9.17, 15) is 4.79 Å². The van der Waals surface area contributed by atoms with E-state index >= 15 is 0 Å². The van der Waals surface area contributed by atoms with Crippen LogP contribution in [0.3, 0.4) is 0 Å². The van der Waals surface area contributed by atoms with E-state index in [0.29, 0.717) is 18.1 Å². The summed E-state index contributed by atoms with van der Waals surface area (Å²) >= 11 is 1.73. The highest BCUT2D eigenvalue weighted by Crippen LogP contribution is 2.39. The van der Waals surface area contributed by atoms with Crippen molar-refractivity contribution in [1.82, 2.24) is 9.78 Å². The van der Waals surface area contributed by atoms with E-state index in [1.807, 2.05) is 19.4 Å². The maximum Gasteiger partial charge on any atom is 0.325 e. The first-order valence-electron chi connectivity index (χ1n) is 5.56. The van der Waals surface area contributed by atoms with Crippen molar-refractivity contribution in [3.05, 3.63) is 12.4 Å². The fourth-order valence-corrected chi connectivity index (χ4v) is 3.49. The molecule has 1 fully saturated rings. The Morgan fingerprint density at radius 1 is 1.76 bits per heavy atom. The Kier molecular flexibility index (Phi) is 3.44. The maximum absolute atomic E-state index is 11.6. The molecule has 1 aliphatic carbocycles. The molecule has 2 rings (SSSR count). The van der Waals surface area contributed by atoms with Gasteiger partial charge in [0, 0.05) is 23.4 Å². The topological polar surface area (TPSA) is 70.1 Å². The summed E-state index contributed by atoms with van der Waals surface area (Å²) in [5.74, 6) is -0.299. The van der Waals surface area contributed by atoms with Crippen LogP contribution >= 0.6 is 11.8 Å². The highest BCUT2D eigenvalue weighted by molar-refractivity contribution is 8.00. The average Bonchev–Trinajstić information content (AvgIpc) is 2.86. The van der Waals surface area contributed by atoms with Gasteiger partial charge in [0.15, 0.2) is 0 Å². The first-order chi connectivity index (χ1) is 8.03. The molecule has 2 unspecified atom stereocenters. The number of methoxy groups -OCH3 is 1. The van der Waals surface area contributed by atoms with Gasteiger partial charge in [0.1, 0.15) is 5.54 Å². The summed E-state index contributed by atoms with van der Waals surface area (Å²) < 4.78 is 6.52. The summed E-state index contributed by atoms with van der Waals surface area (Å²) in [6.45, 7) is 0. The third-order valence-electron chi connectivity index (χ3n) is 3.08. The van der Waals surface area contributed by atoms with Crippen LogP contribution in [0.5, 0.6) is 0 Å². The molecule has 17 heavy (non-hydrogen) atoms. The van der Waals surface area contributed by atoms with Crippen molar-refractivity contribution in [3.63, 3.8) is 0 Å². The van der Waals surface area contributed by atoms with Gasteiger partial charge in [0.2, 0.25) is 0 Å². The van der Waals surface area contributed by atoms with Crippen LogP contribution in [0.1, 0.15) is 19.3 Å². The lowest BCUT2D eigenvalue weighted by molar-refractivity contribution is -0.146. The zero-order valence-electron chi connectivity index (χ0n) is 10.0. The maximum atomic E-state index is 11.6. The zero-order chi connectivity index (χ0) is 12.5. The molecule has 2 N–H and O–H groups in total. The SMILES string of the molecule is COC(=O)C1(N)CCC(Sc2cnn(C)c2)C1. The lowest BCUT2D eigenvalue weighted by Crippen LogP contribution is -2.46. The van der Waals surface area contributed by atoms with Crippen molar-refractivity contribution in [1.29, 1.82) is 0 Å². The van der Waals surface area contributed by atoms with E-state index < -0.39 is 5.54 Å². The Balaban J connectivity index is 1.96. The molecule has 0 spiro atoms. The van der Waals surface area contributed by atoms with Gasteiger partial charge in [-0.25, -0.2) is 0 Å². The molecule has 1 aromatic rings. The summed E-state index contributed by atoms with van der Waals surface area (Å²) in [5.41, 5.74) is 5.26. The molecule has 94 valence electrons. The van der Waals surface area contributed by atoms with Crippen molar-refractivity contribution in [2.45, 2.75) is 34.9 Å². The molecule has 5 nitrogen and oxygen atoms in total. The number of carbonyl (C=O) groups excluding carboxylic acids is 1. The van der Waals surface area contributed by atoms with Crippen LogP contribution in [0.4, 0.5) is 0 Å². The number of hydrogen-bond acceptors (Lipinski definition) is 5. The largest absolute Gasteiger partial charge is 0.468 e. The predicted octanol–water partition coefficient (Wildman–Crippen LogP) is 0.935. The Hall–Kier alpha value is -1.01. The molecule has 1 heterocycles. The minimum Gasteiger partial charge on any atom is -0.468 e. The molecule has 1 aromatic heterocycles. The second-order valence-corrected chi connectivity index (χ2v) is 5.85.